The van der Waals surface area contributed by atoms with Crippen molar-refractivity contribution in [3.05, 3.63) is 12.7 Å². The van der Waals surface area contributed by atoms with Crippen molar-refractivity contribution in [3.63, 3.8) is 0 Å². The zero-order chi connectivity index (χ0) is 8.41. The summed E-state index contributed by atoms with van der Waals surface area (Å²) in [6.45, 7) is 12.2. The van der Waals surface area contributed by atoms with Crippen molar-refractivity contribution in [2.75, 3.05) is 7.11 Å². The Balaban J connectivity index is 4.48. The summed E-state index contributed by atoms with van der Waals surface area (Å²) >= 11 is 0. The van der Waals surface area contributed by atoms with Crippen LogP contribution < -0.4 is 0 Å². The van der Waals surface area contributed by atoms with E-state index in [1.165, 1.54) is 0 Å². The molecule has 0 spiro atoms. The van der Waals surface area contributed by atoms with E-state index < -0.39 is 0 Å². The fraction of sp³-hybridized carbons (Fsp3) is 0.778. The van der Waals surface area contributed by atoms with E-state index in [0.29, 0.717) is 0 Å². The smallest absolute Gasteiger partial charge is 0.0876 e. The summed E-state index contributed by atoms with van der Waals surface area (Å²) < 4.78 is 5.33. The first-order valence-electron chi connectivity index (χ1n) is 3.56. The summed E-state index contributed by atoms with van der Waals surface area (Å²) in [4.78, 5) is 0. The van der Waals surface area contributed by atoms with E-state index in [4.69, 9.17) is 4.74 Å². The highest BCUT2D eigenvalue weighted by molar-refractivity contribution is 5.01. The van der Waals surface area contributed by atoms with Crippen molar-refractivity contribution in [1.29, 1.82) is 0 Å². The topological polar surface area (TPSA) is 9.23 Å². The SMILES string of the molecule is C=CC(C)(OC)C(C)(C)C. The summed E-state index contributed by atoms with van der Waals surface area (Å²) in [6.07, 6.45) is 1.85. The molecule has 0 rings (SSSR count). The normalized spacial score (nSPS) is 18.1. The van der Waals surface area contributed by atoms with Crippen molar-refractivity contribution in [2.24, 2.45) is 5.41 Å². The second kappa shape index (κ2) is 2.75. The lowest BCUT2D eigenvalue weighted by atomic mass is 9.78. The molecule has 1 unspecified atom stereocenters. The Kier molecular flexibility index (Phi) is 2.67. The minimum absolute atomic E-state index is 0.115. The van der Waals surface area contributed by atoms with Crippen molar-refractivity contribution in [1.82, 2.24) is 0 Å². The van der Waals surface area contributed by atoms with Crippen molar-refractivity contribution >= 4 is 0 Å². The van der Waals surface area contributed by atoms with Gasteiger partial charge in [-0.2, -0.15) is 0 Å². The van der Waals surface area contributed by atoms with Crippen LogP contribution in [0, 0.1) is 5.41 Å². The van der Waals surface area contributed by atoms with Gasteiger partial charge in [-0.1, -0.05) is 26.8 Å². The molecule has 0 amide bonds. The van der Waals surface area contributed by atoms with Gasteiger partial charge in [0.05, 0.1) is 5.60 Å². The minimum atomic E-state index is -0.215. The molecule has 1 atom stereocenters. The highest BCUT2D eigenvalue weighted by atomic mass is 16.5. The van der Waals surface area contributed by atoms with Gasteiger partial charge in [-0.25, -0.2) is 0 Å². The monoisotopic (exact) mass is 142 g/mol. The van der Waals surface area contributed by atoms with E-state index in [2.05, 4.69) is 27.4 Å². The second-order valence-corrected chi connectivity index (χ2v) is 3.77. The quantitative estimate of drug-likeness (QED) is 0.538. The molecule has 0 saturated heterocycles. The third kappa shape index (κ3) is 1.60. The van der Waals surface area contributed by atoms with Crippen LogP contribution in [0.1, 0.15) is 27.7 Å². The molecule has 0 aromatic heterocycles. The van der Waals surface area contributed by atoms with Gasteiger partial charge in [0.25, 0.3) is 0 Å². The van der Waals surface area contributed by atoms with E-state index in [1.807, 2.05) is 13.0 Å². The Hall–Kier alpha value is -0.300. The molecule has 0 aromatic carbocycles. The van der Waals surface area contributed by atoms with Crippen molar-refractivity contribution < 1.29 is 4.74 Å². The maximum absolute atomic E-state index is 5.33. The standard InChI is InChI=1S/C9H18O/c1-7-9(5,10-6)8(2,3)4/h7H,1H2,2-6H3. The summed E-state index contributed by atoms with van der Waals surface area (Å²) in [5.41, 5.74) is -0.101. The molecule has 10 heavy (non-hydrogen) atoms. The van der Waals surface area contributed by atoms with Gasteiger partial charge in [-0.15, -0.1) is 6.58 Å². The first-order valence-corrected chi connectivity index (χ1v) is 3.56. The molecule has 0 aromatic rings. The first kappa shape index (κ1) is 9.70. The Labute approximate surface area is 64.1 Å². The predicted molar refractivity (Wildman–Crippen MR) is 45.1 cm³/mol. The van der Waals surface area contributed by atoms with E-state index in [-0.39, 0.29) is 11.0 Å². The number of ether oxygens (including phenoxy) is 1. The summed E-state index contributed by atoms with van der Waals surface area (Å²) in [6, 6.07) is 0. The zero-order valence-corrected chi connectivity index (χ0v) is 7.69. The van der Waals surface area contributed by atoms with Crippen LogP contribution >= 0.6 is 0 Å². The minimum Gasteiger partial charge on any atom is -0.374 e. The van der Waals surface area contributed by atoms with Gasteiger partial charge in [-0.3, -0.25) is 0 Å². The Morgan fingerprint density at radius 3 is 1.60 bits per heavy atom. The molecular weight excluding hydrogens is 124 g/mol. The van der Waals surface area contributed by atoms with E-state index in [0.717, 1.165) is 0 Å². The van der Waals surface area contributed by atoms with E-state index in [9.17, 15) is 0 Å². The number of methoxy groups -OCH3 is 1. The molecule has 0 aliphatic rings. The van der Waals surface area contributed by atoms with Gasteiger partial charge in [0.2, 0.25) is 0 Å². The zero-order valence-electron chi connectivity index (χ0n) is 7.69. The molecule has 60 valence electrons. The maximum atomic E-state index is 5.33. The highest BCUT2D eigenvalue weighted by Crippen LogP contribution is 2.33. The van der Waals surface area contributed by atoms with Crippen molar-refractivity contribution in [3.8, 4) is 0 Å². The molecule has 0 bridgehead atoms. The average Bonchev–Trinajstić information content (AvgIpc) is 1.84. The maximum Gasteiger partial charge on any atom is 0.0876 e. The molecule has 1 nitrogen and oxygen atoms in total. The molecule has 1 heteroatoms. The van der Waals surface area contributed by atoms with Crippen LogP contribution in [0.3, 0.4) is 0 Å². The average molecular weight is 142 g/mol. The molecule has 0 aliphatic carbocycles. The molecular formula is C9H18O. The van der Waals surface area contributed by atoms with Gasteiger partial charge in [0.15, 0.2) is 0 Å². The molecule has 0 N–H and O–H groups in total. The Bertz CT molecular complexity index is 121. The fourth-order valence-electron chi connectivity index (χ4n) is 0.696. The lowest BCUT2D eigenvalue weighted by Gasteiger charge is -2.37. The van der Waals surface area contributed by atoms with Crippen LogP contribution in [0.2, 0.25) is 0 Å². The third-order valence-electron chi connectivity index (χ3n) is 2.30. The van der Waals surface area contributed by atoms with Crippen LogP contribution in [0.5, 0.6) is 0 Å². The van der Waals surface area contributed by atoms with Gasteiger partial charge in [0.1, 0.15) is 0 Å². The van der Waals surface area contributed by atoms with Crippen LogP contribution in [-0.4, -0.2) is 12.7 Å². The Morgan fingerprint density at radius 2 is 1.60 bits per heavy atom. The van der Waals surface area contributed by atoms with Crippen LogP contribution in [-0.2, 0) is 4.74 Å². The summed E-state index contributed by atoms with van der Waals surface area (Å²) in [5.74, 6) is 0. The van der Waals surface area contributed by atoms with Crippen LogP contribution in [0.4, 0.5) is 0 Å². The predicted octanol–water partition coefficient (Wildman–Crippen LogP) is 2.62. The fourth-order valence-corrected chi connectivity index (χ4v) is 0.696. The lowest BCUT2D eigenvalue weighted by molar-refractivity contribution is -0.0371. The molecule has 0 saturated carbocycles. The van der Waals surface area contributed by atoms with Gasteiger partial charge in [0, 0.05) is 7.11 Å². The number of rotatable bonds is 2. The third-order valence-corrected chi connectivity index (χ3v) is 2.30. The van der Waals surface area contributed by atoms with Crippen LogP contribution in [0.25, 0.3) is 0 Å². The van der Waals surface area contributed by atoms with Crippen molar-refractivity contribution in [2.45, 2.75) is 33.3 Å². The Morgan fingerprint density at radius 1 is 1.20 bits per heavy atom. The highest BCUT2D eigenvalue weighted by Gasteiger charge is 2.34. The van der Waals surface area contributed by atoms with E-state index >= 15 is 0 Å². The van der Waals surface area contributed by atoms with Crippen LogP contribution in [0.15, 0.2) is 12.7 Å². The molecule has 0 heterocycles. The van der Waals surface area contributed by atoms with Gasteiger partial charge >= 0.3 is 0 Å². The largest absolute Gasteiger partial charge is 0.374 e. The number of hydrogen-bond acceptors (Lipinski definition) is 1. The van der Waals surface area contributed by atoms with Gasteiger partial charge in [-0.05, 0) is 12.3 Å². The second-order valence-electron chi connectivity index (χ2n) is 3.77. The van der Waals surface area contributed by atoms with E-state index in [1.54, 1.807) is 7.11 Å². The lowest BCUT2D eigenvalue weighted by Crippen LogP contribution is -2.39. The first-order chi connectivity index (χ1) is 4.37. The molecule has 0 fully saturated rings. The number of hydrogen-bond donors (Lipinski definition) is 0. The summed E-state index contributed by atoms with van der Waals surface area (Å²) in [5, 5.41) is 0. The molecule has 0 aliphatic heterocycles. The summed E-state index contributed by atoms with van der Waals surface area (Å²) in [7, 11) is 1.72. The molecule has 0 radical (unpaired) electrons. The van der Waals surface area contributed by atoms with Gasteiger partial charge < -0.3 is 4.74 Å².